The minimum Gasteiger partial charge on any atom is -0.368 e. The first-order valence-corrected chi connectivity index (χ1v) is 3.55. The van der Waals surface area contributed by atoms with E-state index in [0.29, 0.717) is 5.92 Å². The summed E-state index contributed by atoms with van der Waals surface area (Å²) in [5, 5.41) is 9.14. The number of hydrogen-bond donors (Lipinski definition) is 1. The molecule has 0 aromatic carbocycles. The average molecular weight is 130 g/mol. The number of hydrogen-bond acceptors (Lipinski definition) is 2. The van der Waals surface area contributed by atoms with Crippen molar-refractivity contribution >= 4 is 0 Å². The Kier molecular flexibility index (Phi) is 2.49. The number of aliphatic hydroxyl groups excluding tert-OH is 1. The van der Waals surface area contributed by atoms with E-state index < -0.39 is 6.29 Å². The fraction of sp³-hybridized carbons (Fsp3) is 1.00. The average Bonchev–Trinajstić information content (AvgIpc) is 2.37. The van der Waals surface area contributed by atoms with Gasteiger partial charge in [-0.1, -0.05) is 12.8 Å². The molecule has 2 nitrogen and oxygen atoms in total. The zero-order valence-electron chi connectivity index (χ0n) is 5.84. The van der Waals surface area contributed by atoms with Crippen molar-refractivity contribution in [1.29, 1.82) is 0 Å². The molecule has 1 atom stereocenters. The van der Waals surface area contributed by atoms with E-state index in [9.17, 15) is 0 Å². The molecule has 0 aromatic heterocycles. The van der Waals surface area contributed by atoms with Crippen LogP contribution in [0.5, 0.6) is 0 Å². The topological polar surface area (TPSA) is 29.5 Å². The third-order valence-electron chi connectivity index (χ3n) is 2.04. The van der Waals surface area contributed by atoms with E-state index in [-0.39, 0.29) is 0 Å². The van der Waals surface area contributed by atoms with Crippen LogP contribution in [0.2, 0.25) is 0 Å². The van der Waals surface area contributed by atoms with Gasteiger partial charge in [0.15, 0.2) is 6.29 Å². The highest BCUT2D eigenvalue weighted by Gasteiger charge is 2.22. The van der Waals surface area contributed by atoms with Gasteiger partial charge in [0.25, 0.3) is 0 Å². The molecule has 9 heavy (non-hydrogen) atoms. The number of ether oxygens (including phenoxy) is 1. The first kappa shape index (κ1) is 7.03. The highest BCUT2D eigenvalue weighted by atomic mass is 16.6. The molecule has 2 heteroatoms. The molecule has 1 aliphatic carbocycles. The van der Waals surface area contributed by atoms with Crippen LogP contribution < -0.4 is 0 Å². The van der Waals surface area contributed by atoms with E-state index >= 15 is 0 Å². The molecule has 1 fully saturated rings. The summed E-state index contributed by atoms with van der Waals surface area (Å²) in [6.45, 7) is 0. The summed E-state index contributed by atoms with van der Waals surface area (Å²) in [6, 6.07) is 0. The highest BCUT2D eigenvalue weighted by molar-refractivity contribution is 4.68. The Hall–Kier alpha value is -0.0800. The van der Waals surface area contributed by atoms with Crippen molar-refractivity contribution in [3.05, 3.63) is 0 Å². The molecule has 1 N–H and O–H groups in total. The summed E-state index contributed by atoms with van der Waals surface area (Å²) in [4.78, 5) is 0. The predicted octanol–water partition coefficient (Wildman–Crippen LogP) is 1.14. The molecule has 0 amide bonds. The highest BCUT2D eigenvalue weighted by Crippen LogP contribution is 2.27. The third kappa shape index (κ3) is 1.66. The van der Waals surface area contributed by atoms with E-state index in [0.717, 1.165) is 12.8 Å². The van der Waals surface area contributed by atoms with Gasteiger partial charge in [0.1, 0.15) is 0 Å². The Labute approximate surface area is 55.8 Å². The van der Waals surface area contributed by atoms with E-state index in [1.807, 2.05) is 0 Å². The van der Waals surface area contributed by atoms with Crippen molar-refractivity contribution in [3.8, 4) is 0 Å². The molecule has 0 unspecified atom stereocenters. The molecule has 0 radical (unpaired) electrons. The lowest BCUT2D eigenvalue weighted by molar-refractivity contribution is -0.110. The second kappa shape index (κ2) is 3.18. The largest absolute Gasteiger partial charge is 0.368 e. The van der Waals surface area contributed by atoms with Crippen LogP contribution in [0.15, 0.2) is 0 Å². The lowest BCUT2D eigenvalue weighted by Gasteiger charge is -2.14. The number of aliphatic hydroxyl groups is 1. The number of rotatable bonds is 2. The van der Waals surface area contributed by atoms with Gasteiger partial charge < -0.3 is 9.84 Å². The standard InChI is InChI=1S/C7H14O2/c1-9-7(8)6-4-2-3-5-6/h6-8H,2-5H2,1H3/t7-/m1/s1. The molecule has 0 aromatic rings. The molecule has 0 heterocycles. The quantitative estimate of drug-likeness (QED) is 0.568. The Morgan fingerprint density at radius 1 is 1.44 bits per heavy atom. The first-order valence-electron chi connectivity index (χ1n) is 3.55. The minimum absolute atomic E-state index is 0.412. The van der Waals surface area contributed by atoms with E-state index in [4.69, 9.17) is 9.84 Å². The Bertz CT molecular complexity index is 77.0. The van der Waals surface area contributed by atoms with Gasteiger partial charge in [0.05, 0.1) is 0 Å². The van der Waals surface area contributed by atoms with E-state index in [1.54, 1.807) is 7.11 Å². The molecular weight excluding hydrogens is 116 g/mol. The van der Waals surface area contributed by atoms with Gasteiger partial charge in [0, 0.05) is 13.0 Å². The third-order valence-corrected chi connectivity index (χ3v) is 2.04. The maximum atomic E-state index is 9.14. The monoisotopic (exact) mass is 130 g/mol. The van der Waals surface area contributed by atoms with E-state index in [1.165, 1.54) is 12.8 Å². The maximum Gasteiger partial charge on any atom is 0.156 e. The minimum atomic E-state index is -0.507. The van der Waals surface area contributed by atoms with Crippen LogP contribution in [-0.2, 0) is 4.74 Å². The summed E-state index contributed by atoms with van der Waals surface area (Å²) in [5.74, 6) is 0.412. The molecule has 1 rings (SSSR count). The van der Waals surface area contributed by atoms with E-state index in [2.05, 4.69) is 0 Å². The van der Waals surface area contributed by atoms with Crippen molar-refractivity contribution < 1.29 is 9.84 Å². The van der Waals surface area contributed by atoms with Gasteiger partial charge >= 0.3 is 0 Å². The Morgan fingerprint density at radius 2 is 2.00 bits per heavy atom. The van der Waals surface area contributed by atoms with Crippen LogP contribution in [0.25, 0.3) is 0 Å². The molecule has 1 saturated carbocycles. The molecule has 0 aliphatic heterocycles. The Morgan fingerprint density at radius 3 is 2.44 bits per heavy atom. The van der Waals surface area contributed by atoms with Crippen molar-refractivity contribution in [2.75, 3.05) is 7.11 Å². The van der Waals surface area contributed by atoms with Gasteiger partial charge in [-0.15, -0.1) is 0 Å². The van der Waals surface area contributed by atoms with Crippen molar-refractivity contribution in [2.24, 2.45) is 5.92 Å². The predicted molar refractivity (Wildman–Crippen MR) is 35.0 cm³/mol. The lowest BCUT2D eigenvalue weighted by atomic mass is 10.1. The van der Waals surface area contributed by atoms with Gasteiger partial charge in [-0.05, 0) is 12.8 Å². The Balaban J connectivity index is 2.24. The van der Waals surface area contributed by atoms with Gasteiger partial charge in [-0.2, -0.15) is 0 Å². The second-order valence-electron chi connectivity index (χ2n) is 2.67. The SMILES string of the molecule is CO[C@@H](O)C1CCCC1. The van der Waals surface area contributed by atoms with Crippen LogP contribution in [0, 0.1) is 5.92 Å². The smallest absolute Gasteiger partial charge is 0.156 e. The van der Waals surface area contributed by atoms with Gasteiger partial charge in [0.2, 0.25) is 0 Å². The van der Waals surface area contributed by atoms with Crippen LogP contribution in [0.1, 0.15) is 25.7 Å². The van der Waals surface area contributed by atoms with Crippen LogP contribution >= 0.6 is 0 Å². The fourth-order valence-electron chi connectivity index (χ4n) is 1.43. The molecular formula is C7H14O2. The molecule has 0 saturated heterocycles. The zero-order chi connectivity index (χ0) is 6.69. The first-order chi connectivity index (χ1) is 4.34. The maximum absolute atomic E-state index is 9.14. The summed E-state index contributed by atoms with van der Waals surface area (Å²) in [5.41, 5.74) is 0. The molecule has 0 spiro atoms. The zero-order valence-corrected chi connectivity index (χ0v) is 5.84. The fourth-order valence-corrected chi connectivity index (χ4v) is 1.43. The van der Waals surface area contributed by atoms with Crippen molar-refractivity contribution in [3.63, 3.8) is 0 Å². The summed E-state index contributed by atoms with van der Waals surface area (Å²) in [7, 11) is 1.56. The van der Waals surface area contributed by atoms with Gasteiger partial charge in [-0.3, -0.25) is 0 Å². The van der Waals surface area contributed by atoms with Gasteiger partial charge in [-0.25, -0.2) is 0 Å². The molecule has 1 aliphatic rings. The van der Waals surface area contributed by atoms with Crippen molar-refractivity contribution in [2.45, 2.75) is 32.0 Å². The molecule has 54 valence electrons. The second-order valence-corrected chi connectivity index (χ2v) is 2.67. The summed E-state index contributed by atoms with van der Waals surface area (Å²) < 4.78 is 4.79. The van der Waals surface area contributed by atoms with Crippen LogP contribution in [0.4, 0.5) is 0 Å². The summed E-state index contributed by atoms with van der Waals surface area (Å²) >= 11 is 0. The normalized spacial score (nSPS) is 24.7. The number of methoxy groups -OCH3 is 1. The summed E-state index contributed by atoms with van der Waals surface area (Å²) in [6.07, 6.45) is 4.27. The lowest BCUT2D eigenvalue weighted by Crippen LogP contribution is -2.18. The van der Waals surface area contributed by atoms with Crippen LogP contribution in [-0.4, -0.2) is 18.5 Å². The van der Waals surface area contributed by atoms with Crippen LogP contribution in [0.3, 0.4) is 0 Å². The van der Waals surface area contributed by atoms with Crippen molar-refractivity contribution in [1.82, 2.24) is 0 Å². The molecule has 0 bridgehead atoms.